The Labute approximate surface area is 139 Å². The molecule has 2 aromatic rings. The SMILES string of the molecule is COCC(C)NC(=O)C1CN(c2nc3cc(OC)ccc3s2)C1. The molecule has 0 bridgehead atoms. The number of nitrogens with zero attached hydrogens (tertiary/aromatic N) is 2. The number of anilines is 1. The Hall–Kier alpha value is -1.86. The van der Waals surface area contributed by atoms with Crippen molar-refractivity contribution < 1.29 is 14.3 Å². The van der Waals surface area contributed by atoms with Gasteiger partial charge in [-0.2, -0.15) is 0 Å². The van der Waals surface area contributed by atoms with Crippen LogP contribution in [0, 0.1) is 5.92 Å². The molecule has 1 atom stereocenters. The average Bonchev–Trinajstić information content (AvgIpc) is 2.87. The Balaban J connectivity index is 1.59. The van der Waals surface area contributed by atoms with Crippen LogP contribution in [0.15, 0.2) is 18.2 Å². The van der Waals surface area contributed by atoms with Crippen molar-refractivity contribution in [1.82, 2.24) is 10.3 Å². The molecule has 2 heterocycles. The number of rotatable bonds is 6. The Morgan fingerprint density at radius 3 is 2.96 bits per heavy atom. The number of fused-ring (bicyclic) bond motifs is 1. The monoisotopic (exact) mass is 335 g/mol. The second kappa shape index (κ2) is 6.72. The van der Waals surface area contributed by atoms with E-state index in [9.17, 15) is 4.79 Å². The molecule has 1 aromatic carbocycles. The van der Waals surface area contributed by atoms with Crippen molar-refractivity contribution in [2.75, 3.05) is 38.8 Å². The topological polar surface area (TPSA) is 63.7 Å². The average molecular weight is 335 g/mol. The third-order valence-corrected chi connectivity index (χ3v) is 5.01. The molecule has 1 amide bonds. The Kier molecular flexibility index (Phi) is 4.68. The summed E-state index contributed by atoms with van der Waals surface area (Å²) in [4.78, 5) is 18.9. The third kappa shape index (κ3) is 3.40. The minimum Gasteiger partial charge on any atom is -0.497 e. The van der Waals surface area contributed by atoms with Gasteiger partial charge in [0.1, 0.15) is 5.75 Å². The molecule has 0 spiro atoms. The molecule has 1 saturated heterocycles. The van der Waals surface area contributed by atoms with Crippen molar-refractivity contribution in [1.29, 1.82) is 0 Å². The van der Waals surface area contributed by atoms with Crippen molar-refractivity contribution >= 4 is 32.6 Å². The molecule has 3 rings (SSSR count). The van der Waals surface area contributed by atoms with E-state index in [0.717, 1.165) is 21.1 Å². The van der Waals surface area contributed by atoms with Crippen LogP contribution in [-0.4, -0.2) is 50.8 Å². The van der Waals surface area contributed by atoms with E-state index in [1.54, 1.807) is 25.6 Å². The molecule has 1 unspecified atom stereocenters. The van der Waals surface area contributed by atoms with E-state index in [2.05, 4.69) is 15.2 Å². The first-order valence-electron chi connectivity index (χ1n) is 7.59. The first kappa shape index (κ1) is 16.0. The second-order valence-corrected chi connectivity index (χ2v) is 6.81. The normalized spacial score (nSPS) is 16.2. The van der Waals surface area contributed by atoms with E-state index in [4.69, 9.17) is 9.47 Å². The number of hydrogen-bond donors (Lipinski definition) is 1. The zero-order valence-electron chi connectivity index (χ0n) is 13.5. The molecule has 6 nitrogen and oxygen atoms in total. The lowest BCUT2D eigenvalue weighted by molar-refractivity contribution is -0.126. The fourth-order valence-corrected chi connectivity index (χ4v) is 3.57. The maximum absolute atomic E-state index is 12.1. The van der Waals surface area contributed by atoms with Gasteiger partial charge in [-0.25, -0.2) is 4.98 Å². The highest BCUT2D eigenvalue weighted by Crippen LogP contribution is 2.34. The molecular weight excluding hydrogens is 314 g/mol. The molecule has 1 aromatic heterocycles. The summed E-state index contributed by atoms with van der Waals surface area (Å²) in [6.45, 7) is 3.89. The standard InChI is InChI=1S/C16H21N3O3S/c1-10(9-21-2)17-15(20)11-7-19(8-11)16-18-13-6-12(22-3)4-5-14(13)23-16/h4-6,10-11H,7-9H2,1-3H3,(H,17,20). The fraction of sp³-hybridized carbons (Fsp3) is 0.500. The number of aromatic nitrogens is 1. The molecule has 23 heavy (non-hydrogen) atoms. The van der Waals surface area contributed by atoms with Crippen LogP contribution in [0.4, 0.5) is 5.13 Å². The van der Waals surface area contributed by atoms with Crippen molar-refractivity contribution in [2.24, 2.45) is 5.92 Å². The minimum atomic E-state index is 0.0239. The summed E-state index contributed by atoms with van der Waals surface area (Å²) in [5, 5.41) is 3.93. The lowest BCUT2D eigenvalue weighted by Crippen LogP contribution is -2.55. The number of benzene rings is 1. The zero-order chi connectivity index (χ0) is 16.4. The van der Waals surface area contributed by atoms with Gasteiger partial charge in [-0.1, -0.05) is 11.3 Å². The highest BCUT2D eigenvalue weighted by atomic mass is 32.1. The van der Waals surface area contributed by atoms with E-state index >= 15 is 0 Å². The molecule has 0 aliphatic carbocycles. The largest absolute Gasteiger partial charge is 0.497 e. The van der Waals surface area contributed by atoms with Crippen LogP contribution < -0.4 is 15.0 Å². The van der Waals surface area contributed by atoms with Crippen molar-refractivity contribution in [3.63, 3.8) is 0 Å². The van der Waals surface area contributed by atoms with Gasteiger partial charge >= 0.3 is 0 Å². The quantitative estimate of drug-likeness (QED) is 0.873. The number of amides is 1. The Morgan fingerprint density at radius 1 is 1.48 bits per heavy atom. The van der Waals surface area contributed by atoms with Crippen LogP contribution in [0.25, 0.3) is 10.2 Å². The Morgan fingerprint density at radius 2 is 2.26 bits per heavy atom. The summed E-state index contributed by atoms with van der Waals surface area (Å²) in [7, 11) is 3.29. The van der Waals surface area contributed by atoms with Crippen LogP contribution in [0.3, 0.4) is 0 Å². The molecule has 1 aliphatic rings. The maximum atomic E-state index is 12.1. The number of carbonyl (C=O) groups is 1. The number of carbonyl (C=O) groups excluding carboxylic acids is 1. The highest BCUT2D eigenvalue weighted by molar-refractivity contribution is 7.22. The molecule has 1 fully saturated rings. The maximum Gasteiger partial charge on any atom is 0.226 e. The van der Waals surface area contributed by atoms with Gasteiger partial charge in [0.2, 0.25) is 5.91 Å². The predicted octanol–water partition coefficient (Wildman–Crippen LogP) is 1.89. The third-order valence-electron chi connectivity index (χ3n) is 3.91. The summed E-state index contributed by atoms with van der Waals surface area (Å²) in [5.74, 6) is 0.923. The van der Waals surface area contributed by atoms with Crippen LogP contribution >= 0.6 is 11.3 Å². The highest BCUT2D eigenvalue weighted by Gasteiger charge is 2.34. The van der Waals surface area contributed by atoms with E-state index in [1.807, 2.05) is 25.1 Å². The van der Waals surface area contributed by atoms with Crippen molar-refractivity contribution in [3.05, 3.63) is 18.2 Å². The van der Waals surface area contributed by atoms with Gasteiger partial charge in [0.15, 0.2) is 5.13 Å². The van der Waals surface area contributed by atoms with Gasteiger partial charge in [-0.05, 0) is 19.1 Å². The van der Waals surface area contributed by atoms with E-state index in [0.29, 0.717) is 19.7 Å². The van der Waals surface area contributed by atoms with Gasteiger partial charge < -0.3 is 19.7 Å². The summed E-state index contributed by atoms with van der Waals surface area (Å²) >= 11 is 1.64. The van der Waals surface area contributed by atoms with Crippen molar-refractivity contribution in [3.8, 4) is 5.75 Å². The molecular formula is C16H21N3O3S. The number of methoxy groups -OCH3 is 2. The lowest BCUT2D eigenvalue weighted by Gasteiger charge is -2.38. The van der Waals surface area contributed by atoms with Gasteiger partial charge in [0.05, 0.1) is 29.9 Å². The summed E-state index contributed by atoms with van der Waals surface area (Å²) in [5.41, 5.74) is 0.936. The van der Waals surface area contributed by atoms with Crippen LogP contribution in [0.2, 0.25) is 0 Å². The van der Waals surface area contributed by atoms with Crippen molar-refractivity contribution in [2.45, 2.75) is 13.0 Å². The molecule has 7 heteroatoms. The summed E-state index contributed by atoms with van der Waals surface area (Å²) in [6, 6.07) is 5.93. The van der Waals surface area contributed by atoms with E-state index in [1.165, 1.54) is 0 Å². The molecule has 124 valence electrons. The fourth-order valence-electron chi connectivity index (χ4n) is 2.61. The van der Waals surface area contributed by atoms with Crippen LogP contribution in [-0.2, 0) is 9.53 Å². The molecule has 0 radical (unpaired) electrons. The zero-order valence-corrected chi connectivity index (χ0v) is 14.4. The molecule has 0 saturated carbocycles. The molecule has 1 aliphatic heterocycles. The van der Waals surface area contributed by atoms with Gasteiger partial charge in [-0.3, -0.25) is 4.79 Å². The second-order valence-electron chi connectivity index (χ2n) is 5.80. The predicted molar refractivity (Wildman–Crippen MR) is 91.4 cm³/mol. The first-order valence-corrected chi connectivity index (χ1v) is 8.41. The minimum absolute atomic E-state index is 0.0239. The van der Waals surface area contributed by atoms with Crippen LogP contribution in [0.1, 0.15) is 6.92 Å². The van der Waals surface area contributed by atoms with E-state index < -0.39 is 0 Å². The summed E-state index contributed by atoms with van der Waals surface area (Å²) in [6.07, 6.45) is 0. The van der Waals surface area contributed by atoms with Gasteiger partial charge in [-0.15, -0.1) is 0 Å². The summed E-state index contributed by atoms with van der Waals surface area (Å²) < 4.78 is 11.4. The number of ether oxygens (including phenoxy) is 2. The number of nitrogens with one attached hydrogen (secondary N) is 1. The number of thiazole rings is 1. The first-order chi connectivity index (χ1) is 11.1. The Bertz CT molecular complexity index is 697. The van der Waals surface area contributed by atoms with Crippen LogP contribution in [0.5, 0.6) is 5.75 Å². The van der Waals surface area contributed by atoms with Gasteiger partial charge in [0, 0.05) is 32.3 Å². The number of hydrogen-bond acceptors (Lipinski definition) is 6. The molecule has 1 N–H and O–H groups in total. The van der Waals surface area contributed by atoms with E-state index in [-0.39, 0.29) is 17.9 Å². The lowest BCUT2D eigenvalue weighted by atomic mass is 10.00. The van der Waals surface area contributed by atoms with Gasteiger partial charge in [0.25, 0.3) is 0 Å². The smallest absolute Gasteiger partial charge is 0.226 e.